The molecule has 5 heteroatoms. The average Bonchev–Trinajstić information content (AvgIpc) is 2.28. The molecule has 0 saturated heterocycles. The van der Waals surface area contributed by atoms with Gasteiger partial charge >= 0.3 is 0 Å². The van der Waals surface area contributed by atoms with Gasteiger partial charge in [0.1, 0.15) is 22.2 Å². The molecule has 0 aliphatic heterocycles. The van der Waals surface area contributed by atoms with E-state index in [1.54, 1.807) is 19.1 Å². The van der Waals surface area contributed by atoms with Crippen molar-refractivity contribution in [2.24, 2.45) is 0 Å². The van der Waals surface area contributed by atoms with Crippen molar-refractivity contribution < 1.29 is 4.39 Å². The van der Waals surface area contributed by atoms with Crippen molar-refractivity contribution in [3.8, 4) is 17.2 Å². The van der Waals surface area contributed by atoms with E-state index < -0.39 is 0 Å². The first-order chi connectivity index (χ1) is 8.52. The molecule has 0 saturated carbocycles. The Morgan fingerprint density at radius 1 is 1.22 bits per heavy atom. The Bertz CT molecular complexity index is 663. The Kier molecular flexibility index (Phi) is 3.51. The Morgan fingerprint density at radius 2 is 1.94 bits per heavy atom. The zero-order valence-electron chi connectivity index (χ0n) is 9.34. The number of nitriles is 1. The summed E-state index contributed by atoms with van der Waals surface area (Å²) in [7, 11) is 0. The lowest BCUT2D eigenvalue weighted by Crippen LogP contribution is -1.92. The van der Waals surface area contributed by atoms with E-state index >= 15 is 0 Å². The van der Waals surface area contributed by atoms with Gasteiger partial charge in [-0.05, 0) is 36.2 Å². The van der Waals surface area contributed by atoms with Crippen molar-refractivity contribution in [3.63, 3.8) is 0 Å². The van der Waals surface area contributed by atoms with Gasteiger partial charge in [-0.25, -0.2) is 9.37 Å². The van der Waals surface area contributed by atoms with Gasteiger partial charge in [0.2, 0.25) is 0 Å². The largest absolute Gasteiger partial charge is 0.223 e. The lowest BCUT2D eigenvalue weighted by atomic mass is 9.98. The lowest BCUT2D eigenvalue weighted by molar-refractivity contribution is 0.627. The minimum atomic E-state index is -0.332. The maximum atomic E-state index is 13.1. The second kappa shape index (κ2) is 4.93. The maximum Gasteiger partial charge on any atom is 0.149 e. The summed E-state index contributed by atoms with van der Waals surface area (Å²) >= 11 is 11.7. The predicted octanol–water partition coefficient (Wildman–Crippen LogP) is 4.37. The fourth-order valence-corrected chi connectivity index (χ4v) is 2.20. The summed E-state index contributed by atoms with van der Waals surface area (Å²) in [4.78, 5) is 3.81. The molecule has 0 fully saturated rings. The summed E-state index contributed by atoms with van der Waals surface area (Å²) < 4.78 is 13.1. The van der Waals surface area contributed by atoms with Crippen molar-refractivity contribution in [2.45, 2.75) is 6.92 Å². The van der Waals surface area contributed by atoms with Crippen molar-refractivity contribution >= 4 is 23.2 Å². The fraction of sp³-hybridized carbons (Fsp3) is 0.0769. The van der Waals surface area contributed by atoms with Crippen LogP contribution in [-0.4, -0.2) is 4.98 Å². The smallest absolute Gasteiger partial charge is 0.149 e. The quantitative estimate of drug-likeness (QED) is 0.727. The van der Waals surface area contributed by atoms with Gasteiger partial charge in [0.15, 0.2) is 0 Å². The van der Waals surface area contributed by atoms with Crippen LogP contribution in [0, 0.1) is 24.1 Å². The van der Waals surface area contributed by atoms with E-state index in [1.807, 2.05) is 6.07 Å². The van der Waals surface area contributed by atoms with E-state index in [0.717, 1.165) is 0 Å². The number of nitrogens with zero attached hydrogens (tertiary/aromatic N) is 2. The minimum absolute atomic E-state index is 0.0451. The second-order valence-electron chi connectivity index (χ2n) is 3.73. The number of hydrogen-bond acceptors (Lipinski definition) is 2. The molecule has 0 radical (unpaired) electrons. The SMILES string of the molecule is Cc1cc(F)ccc1-c1cc(Cl)nc(Cl)c1C#N. The van der Waals surface area contributed by atoms with Crippen LogP contribution in [0.3, 0.4) is 0 Å². The summed E-state index contributed by atoms with van der Waals surface area (Å²) in [6.07, 6.45) is 0. The summed E-state index contributed by atoms with van der Waals surface area (Å²) in [5.41, 5.74) is 2.19. The first-order valence-corrected chi connectivity index (χ1v) is 5.81. The Hall–Kier alpha value is -1.63. The normalized spacial score (nSPS) is 10.2. The molecule has 1 aromatic carbocycles. The van der Waals surface area contributed by atoms with E-state index in [4.69, 9.17) is 28.5 Å². The average molecular weight is 281 g/mol. The zero-order valence-corrected chi connectivity index (χ0v) is 10.8. The zero-order chi connectivity index (χ0) is 13.3. The van der Waals surface area contributed by atoms with Crippen molar-refractivity contribution in [2.75, 3.05) is 0 Å². The molecule has 0 spiro atoms. The van der Waals surface area contributed by atoms with Gasteiger partial charge in [-0.1, -0.05) is 29.3 Å². The molecule has 90 valence electrons. The van der Waals surface area contributed by atoms with Crippen molar-refractivity contribution in [1.82, 2.24) is 4.98 Å². The lowest BCUT2D eigenvalue weighted by Gasteiger charge is -2.09. The predicted molar refractivity (Wildman–Crippen MR) is 69.1 cm³/mol. The van der Waals surface area contributed by atoms with Crippen LogP contribution in [0.15, 0.2) is 24.3 Å². The number of rotatable bonds is 1. The molecular weight excluding hydrogens is 274 g/mol. The van der Waals surface area contributed by atoms with Crippen LogP contribution in [0.1, 0.15) is 11.1 Å². The van der Waals surface area contributed by atoms with Crippen LogP contribution >= 0.6 is 23.2 Å². The molecule has 0 amide bonds. The number of halogens is 3. The first-order valence-electron chi connectivity index (χ1n) is 5.05. The molecule has 0 unspecified atom stereocenters. The number of pyridine rings is 1. The molecule has 2 rings (SSSR count). The standard InChI is InChI=1S/C13H7Cl2FN2/c1-7-4-8(16)2-3-9(7)10-5-12(14)18-13(15)11(10)6-17/h2-5H,1H3. The molecule has 2 nitrogen and oxygen atoms in total. The maximum absolute atomic E-state index is 13.1. The van der Waals surface area contributed by atoms with Crippen LogP contribution in [0.5, 0.6) is 0 Å². The Morgan fingerprint density at radius 3 is 2.56 bits per heavy atom. The summed E-state index contributed by atoms with van der Waals surface area (Å²) in [6, 6.07) is 7.84. The second-order valence-corrected chi connectivity index (χ2v) is 4.47. The third-order valence-corrected chi connectivity index (χ3v) is 3.00. The molecule has 0 aliphatic carbocycles. The Labute approximate surface area is 114 Å². The number of aryl methyl sites for hydroxylation is 1. The highest BCUT2D eigenvalue weighted by atomic mass is 35.5. The molecular formula is C13H7Cl2FN2. The number of benzene rings is 1. The summed E-state index contributed by atoms with van der Waals surface area (Å²) in [5, 5.41) is 9.34. The molecule has 1 heterocycles. The fourth-order valence-electron chi connectivity index (χ4n) is 1.73. The van der Waals surface area contributed by atoms with Gasteiger partial charge in [-0.3, -0.25) is 0 Å². The number of hydrogen-bond donors (Lipinski definition) is 0. The van der Waals surface area contributed by atoms with Gasteiger partial charge < -0.3 is 0 Å². The van der Waals surface area contributed by atoms with Crippen LogP contribution < -0.4 is 0 Å². The molecule has 1 aromatic heterocycles. The van der Waals surface area contributed by atoms with E-state index in [2.05, 4.69) is 4.98 Å². The molecule has 0 atom stereocenters. The highest BCUT2D eigenvalue weighted by Crippen LogP contribution is 2.32. The van der Waals surface area contributed by atoms with E-state index in [9.17, 15) is 4.39 Å². The topological polar surface area (TPSA) is 36.7 Å². The first kappa shape index (κ1) is 12.8. The molecule has 0 N–H and O–H groups in total. The summed E-state index contributed by atoms with van der Waals surface area (Å²) in [5.74, 6) is -0.332. The monoisotopic (exact) mass is 280 g/mol. The molecule has 0 aliphatic rings. The van der Waals surface area contributed by atoms with Gasteiger partial charge in [-0.15, -0.1) is 0 Å². The van der Waals surface area contributed by atoms with Gasteiger partial charge in [0, 0.05) is 5.56 Å². The highest BCUT2D eigenvalue weighted by molar-refractivity contribution is 6.33. The van der Waals surface area contributed by atoms with Gasteiger partial charge in [-0.2, -0.15) is 5.26 Å². The van der Waals surface area contributed by atoms with Gasteiger partial charge in [0.05, 0.1) is 5.56 Å². The van der Waals surface area contributed by atoms with E-state index in [0.29, 0.717) is 16.7 Å². The molecule has 2 aromatic rings. The van der Waals surface area contributed by atoms with Crippen LogP contribution in [-0.2, 0) is 0 Å². The third kappa shape index (κ3) is 2.31. The molecule has 0 bridgehead atoms. The van der Waals surface area contributed by atoms with Crippen LogP contribution in [0.4, 0.5) is 4.39 Å². The minimum Gasteiger partial charge on any atom is -0.223 e. The third-order valence-electron chi connectivity index (χ3n) is 2.53. The Balaban J connectivity index is 2.75. The summed E-state index contributed by atoms with van der Waals surface area (Å²) in [6.45, 7) is 1.75. The van der Waals surface area contributed by atoms with Crippen LogP contribution in [0.2, 0.25) is 10.3 Å². The van der Waals surface area contributed by atoms with Crippen molar-refractivity contribution in [3.05, 3.63) is 51.5 Å². The van der Waals surface area contributed by atoms with E-state index in [-0.39, 0.29) is 21.7 Å². The van der Waals surface area contributed by atoms with E-state index in [1.165, 1.54) is 12.1 Å². The van der Waals surface area contributed by atoms with Crippen molar-refractivity contribution in [1.29, 1.82) is 5.26 Å². The van der Waals surface area contributed by atoms with Crippen LogP contribution in [0.25, 0.3) is 11.1 Å². The van der Waals surface area contributed by atoms with Gasteiger partial charge in [0.25, 0.3) is 0 Å². The number of aromatic nitrogens is 1. The highest BCUT2D eigenvalue weighted by Gasteiger charge is 2.14. The molecule has 18 heavy (non-hydrogen) atoms.